The van der Waals surface area contributed by atoms with Crippen molar-refractivity contribution in [3.05, 3.63) is 39.3 Å². The minimum atomic E-state index is -0.927. The minimum absolute atomic E-state index is 0.0897. The number of hydrogen-bond acceptors (Lipinski definition) is 4. The summed E-state index contributed by atoms with van der Waals surface area (Å²) in [6, 6.07) is 7.70. The van der Waals surface area contributed by atoms with Gasteiger partial charge in [0, 0.05) is 19.0 Å². The van der Waals surface area contributed by atoms with E-state index in [-0.39, 0.29) is 17.8 Å². The van der Waals surface area contributed by atoms with E-state index in [1.165, 1.54) is 4.57 Å². The summed E-state index contributed by atoms with van der Waals surface area (Å²) in [6.45, 7) is 0.149. The first kappa shape index (κ1) is 13.6. The zero-order chi connectivity index (χ0) is 15.0. The number of aliphatic carboxylic acids is 1. The molecule has 21 heavy (non-hydrogen) atoms. The molecule has 2 aromatic heterocycles. The number of nitrogens with zero attached hydrogens (tertiary/aromatic N) is 3. The van der Waals surface area contributed by atoms with Crippen LogP contribution in [0.15, 0.2) is 34.4 Å². The van der Waals surface area contributed by atoms with E-state index in [1.54, 1.807) is 5.38 Å². The molecule has 0 amide bonds. The predicted octanol–water partition coefficient (Wildman–Crippen LogP) is 1.94. The number of fused-ring (bicyclic) bond motifs is 1. The number of imidazole rings is 1. The highest BCUT2D eigenvalue weighted by molar-refractivity contribution is 7.07. The lowest BCUT2D eigenvalue weighted by molar-refractivity contribution is -0.137. The van der Waals surface area contributed by atoms with Gasteiger partial charge >= 0.3 is 10.8 Å². The van der Waals surface area contributed by atoms with Crippen LogP contribution in [0, 0.1) is 0 Å². The van der Waals surface area contributed by atoms with Gasteiger partial charge in [0.25, 0.3) is 0 Å². The van der Waals surface area contributed by atoms with Gasteiger partial charge in [-0.3, -0.25) is 14.2 Å². The molecular formula is C14H13N3O3S. The molecule has 0 bridgehead atoms. The second-order valence-corrected chi connectivity index (χ2v) is 5.49. The molecule has 0 fully saturated rings. The number of benzene rings is 1. The summed E-state index contributed by atoms with van der Waals surface area (Å²) in [5.41, 5.74) is 2.47. The van der Waals surface area contributed by atoms with E-state index >= 15 is 0 Å². The Bertz CT molecular complexity index is 875. The zero-order valence-electron chi connectivity index (χ0n) is 11.3. The number of para-hydroxylation sites is 2. The summed E-state index contributed by atoms with van der Waals surface area (Å²) in [6.07, 6.45) is -0.0897. The van der Waals surface area contributed by atoms with Gasteiger partial charge in [0.2, 0.25) is 0 Å². The third-order valence-corrected chi connectivity index (χ3v) is 4.11. The van der Waals surface area contributed by atoms with Crippen LogP contribution in [-0.4, -0.2) is 25.2 Å². The van der Waals surface area contributed by atoms with Crippen LogP contribution in [0.1, 0.15) is 6.42 Å². The smallest absolute Gasteiger partial charge is 0.307 e. The van der Waals surface area contributed by atoms with E-state index in [1.807, 2.05) is 35.9 Å². The first-order valence-corrected chi connectivity index (χ1v) is 7.28. The molecule has 0 saturated carbocycles. The number of hydrogen-bond donors (Lipinski definition) is 1. The molecule has 0 radical (unpaired) electrons. The first-order valence-electron chi connectivity index (χ1n) is 6.40. The van der Waals surface area contributed by atoms with Crippen LogP contribution in [0.2, 0.25) is 0 Å². The summed E-state index contributed by atoms with van der Waals surface area (Å²) in [4.78, 5) is 27.0. The van der Waals surface area contributed by atoms with E-state index in [9.17, 15) is 9.59 Å². The molecule has 108 valence electrons. The molecular weight excluding hydrogens is 290 g/mol. The van der Waals surface area contributed by atoms with E-state index in [0.29, 0.717) is 11.5 Å². The quantitative estimate of drug-likeness (QED) is 0.799. The summed E-state index contributed by atoms with van der Waals surface area (Å²) in [7, 11) is 1.88. The van der Waals surface area contributed by atoms with Gasteiger partial charge in [-0.15, -0.1) is 0 Å². The Kier molecular flexibility index (Phi) is 3.34. The lowest BCUT2D eigenvalue weighted by Crippen LogP contribution is -2.17. The van der Waals surface area contributed by atoms with Gasteiger partial charge in [-0.1, -0.05) is 23.5 Å². The predicted molar refractivity (Wildman–Crippen MR) is 80.5 cm³/mol. The van der Waals surface area contributed by atoms with Gasteiger partial charge in [-0.05, 0) is 12.1 Å². The third kappa shape index (κ3) is 2.36. The fraction of sp³-hybridized carbons (Fsp3) is 0.214. The van der Waals surface area contributed by atoms with Crippen LogP contribution in [0.25, 0.3) is 22.6 Å². The molecule has 3 aromatic rings. The molecule has 0 spiro atoms. The maximum Gasteiger partial charge on any atom is 0.307 e. The molecule has 6 nitrogen and oxygen atoms in total. The Morgan fingerprint density at radius 2 is 2.14 bits per heavy atom. The number of carboxylic acid groups (broad SMARTS) is 1. The van der Waals surface area contributed by atoms with Crippen LogP contribution in [0.4, 0.5) is 0 Å². The lowest BCUT2D eigenvalue weighted by Gasteiger charge is -2.06. The highest BCUT2D eigenvalue weighted by atomic mass is 32.1. The van der Waals surface area contributed by atoms with Gasteiger partial charge in [-0.2, -0.15) is 0 Å². The number of carbonyl (C=O) groups is 1. The van der Waals surface area contributed by atoms with E-state index in [4.69, 9.17) is 5.11 Å². The number of rotatable bonds is 4. The van der Waals surface area contributed by atoms with Crippen molar-refractivity contribution in [2.24, 2.45) is 7.05 Å². The van der Waals surface area contributed by atoms with Crippen molar-refractivity contribution in [1.82, 2.24) is 14.1 Å². The van der Waals surface area contributed by atoms with Gasteiger partial charge in [-0.25, -0.2) is 4.98 Å². The fourth-order valence-corrected chi connectivity index (χ4v) is 3.06. The van der Waals surface area contributed by atoms with Crippen molar-refractivity contribution in [1.29, 1.82) is 0 Å². The number of thiazole rings is 1. The highest BCUT2D eigenvalue weighted by Gasteiger charge is 2.16. The SMILES string of the molecule is Cn1c(-c2csc(=O)n2CCC(=O)O)nc2ccccc21. The van der Waals surface area contributed by atoms with E-state index in [2.05, 4.69) is 4.98 Å². The van der Waals surface area contributed by atoms with Crippen molar-refractivity contribution < 1.29 is 9.90 Å². The van der Waals surface area contributed by atoms with Crippen LogP contribution in [-0.2, 0) is 18.4 Å². The average molecular weight is 303 g/mol. The molecule has 0 unspecified atom stereocenters. The van der Waals surface area contributed by atoms with Gasteiger partial charge in [0.05, 0.1) is 23.1 Å². The Morgan fingerprint density at radius 1 is 1.38 bits per heavy atom. The second-order valence-electron chi connectivity index (χ2n) is 4.67. The number of carboxylic acids is 1. The first-order chi connectivity index (χ1) is 10.1. The largest absolute Gasteiger partial charge is 0.481 e. The van der Waals surface area contributed by atoms with Crippen molar-refractivity contribution in [3.8, 4) is 11.5 Å². The molecule has 0 atom stereocenters. The topological polar surface area (TPSA) is 77.1 Å². The molecule has 0 saturated heterocycles. The Balaban J connectivity index is 2.13. The van der Waals surface area contributed by atoms with Gasteiger partial charge < -0.3 is 9.67 Å². The van der Waals surface area contributed by atoms with Crippen LogP contribution >= 0.6 is 11.3 Å². The normalized spacial score (nSPS) is 11.1. The zero-order valence-corrected chi connectivity index (χ0v) is 12.1. The summed E-state index contributed by atoms with van der Waals surface area (Å²) < 4.78 is 3.38. The third-order valence-electron chi connectivity index (χ3n) is 3.35. The molecule has 7 heteroatoms. The molecule has 1 aromatic carbocycles. The maximum absolute atomic E-state index is 11.9. The van der Waals surface area contributed by atoms with Crippen molar-refractivity contribution in [3.63, 3.8) is 0 Å². The molecule has 0 aliphatic carbocycles. The van der Waals surface area contributed by atoms with Gasteiger partial charge in [0.15, 0.2) is 5.82 Å². The summed E-state index contributed by atoms with van der Waals surface area (Å²) in [5.74, 6) is -0.260. The van der Waals surface area contributed by atoms with Gasteiger partial charge in [0.1, 0.15) is 0 Å². The van der Waals surface area contributed by atoms with Crippen LogP contribution in [0.3, 0.4) is 0 Å². The van der Waals surface area contributed by atoms with Crippen LogP contribution in [0.5, 0.6) is 0 Å². The van der Waals surface area contributed by atoms with Crippen LogP contribution < -0.4 is 4.87 Å². The lowest BCUT2D eigenvalue weighted by atomic mass is 10.3. The Labute approximate surface area is 123 Å². The van der Waals surface area contributed by atoms with E-state index < -0.39 is 5.97 Å². The number of aromatic nitrogens is 3. The fourth-order valence-electron chi connectivity index (χ4n) is 2.30. The monoisotopic (exact) mass is 303 g/mol. The second kappa shape index (κ2) is 5.17. The Hall–Kier alpha value is -2.41. The highest BCUT2D eigenvalue weighted by Crippen LogP contribution is 2.24. The standard InChI is InChI=1S/C14H13N3O3S/c1-16-10-5-3-2-4-9(10)15-13(16)11-8-21-14(20)17(11)7-6-12(18)19/h2-5,8H,6-7H2,1H3,(H,18,19). The molecule has 1 N–H and O–H groups in total. The number of aryl methyl sites for hydroxylation is 1. The Morgan fingerprint density at radius 3 is 2.86 bits per heavy atom. The summed E-state index contributed by atoms with van der Waals surface area (Å²) >= 11 is 1.06. The molecule has 3 rings (SSSR count). The van der Waals surface area contributed by atoms with Crippen molar-refractivity contribution in [2.45, 2.75) is 13.0 Å². The molecule has 0 aliphatic heterocycles. The van der Waals surface area contributed by atoms with Crippen molar-refractivity contribution >= 4 is 28.3 Å². The van der Waals surface area contributed by atoms with Crippen molar-refractivity contribution in [2.75, 3.05) is 0 Å². The van der Waals surface area contributed by atoms with E-state index in [0.717, 1.165) is 22.4 Å². The average Bonchev–Trinajstić information content (AvgIpc) is 2.98. The maximum atomic E-state index is 11.9. The summed E-state index contributed by atoms with van der Waals surface area (Å²) in [5, 5.41) is 10.5. The molecule has 2 heterocycles. The minimum Gasteiger partial charge on any atom is -0.481 e. The molecule has 0 aliphatic rings.